The van der Waals surface area contributed by atoms with E-state index in [1.165, 1.54) is 19.3 Å². The van der Waals surface area contributed by atoms with Crippen LogP contribution in [-0.2, 0) is 11.3 Å². The number of hydrogen-bond donors (Lipinski definition) is 1. The number of rotatable bonds is 3. The highest BCUT2D eigenvalue weighted by Gasteiger charge is 2.34. The predicted octanol–water partition coefficient (Wildman–Crippen LogP) is 1.63. The van der Waals surface area contributed by atoms with Crippen LogP contribution in [0.3, 0.4) is 0 Å². The zero-order valence-corrected chi connectivity index (χ0v) is 13.1. The van der Waals surface area contributed by atoms with Crippen LogP contribution >= 0.6 is 0 Å². The zero-order chi connectivity index (χ0) is 14.8. The molecule has 2 unspecified atom stereocenters. The van der Waals surface area contributed by atoms with Crippen LogP contribution in [0.15, 0.2) is 6.07 Å². The molecule has 3 rings (SSSR count). The second-order valence-corrected chi connectivity index (χ2v) is 6.44. The average Bonchev–Trinajstić information content (AvgIpc) is 3.09. The molecule has 0 spiro atoms. The summed E-state index contributed by atoms with van der Waals surface area (Å²) in [6.45, 7) is 6.37. The molecule has 5 nitrogen and oxygen atoms in total. The van der Waals surface area contributed by atoms with Gasteiger partial charge in [-0.15, -0.1) is 0 Å². The van der Waals surface area contributed by atoms with Gasteiger partial charge in [0.05, 0.1) is 5.69 Å². The van der Waals surface area contributed by atoms with E-state index in [0.717, 1.165) is 37.3 Å². The molecule has 0 radical (unpaired) electrons. The minimum absolute atomic E-state index is 0.222. The van der Waals surface area contributed by atoms with E-state index in [-0.39, 0.29) is 5.91 Å². The molecule has 1 aromatic heterocycles. The quantitative estimate of drug-likeness (QED) is 0.920. The molecule has 2 fully saturated rings. The minimum atomic E-state index is 0.222. The number of aryl methyl sites for hydroxylation is 2. The molecule has 116 valence electrons. The van der Waals surface area contributed by atoms with Crippen LogP contribution in [0.25, 0.3) is 0 Å². The van der Waals surface area contributed by atoms with E-state index in [0.29, 0.717) is 18.6 Å². The van der Waals surface area contributed by atoms with Crippen molar-refractivity contribution in [2.75, 3.05) is 13.1 Å². The topological polar surface area (TPSA) is 50.2 Å². The van der Waals surface area contributed by atoms with Gasteiger partial charge in [-0.1, -0.05) is 0 Å². The number of nitrogens with zero attached hydrogens (tertiary/aromatic N) is 3. The maximum Gasteiger partial charge on any atom is 0.244 e. The van der Waals surface area contributed by atoms with Crippen molar-refractivity contribution < 1.29 is 4.79 Å². The summed E-state index contributed by atoms with van der Waals surface area (Å²) in [7, 11) is 0. The smallest absolute Gasteiger partial charge is 0.244 e. The molecule has 1 N–H and O–H groups in total. The Morgan fingerprint density at radius 2 is 2.19 bits per heavy atom. The summed E-state index contributed by atoms with van der Waals surface area (Å²) in [4.78, 5) is 14.8. The van der Waals surface area contributed by atoms with E-state index in [1.807, 2.05) is 24.6 Å². The normalized spacial score (nSPS) is 26.3. The molecule has 2 saturated heterocycles. The Balaban J connectivity index is 1.70. The van der Waals surface area contributed by atoms with Crippen LogP contribution in [-0.4, -0.2) is 45.8 Å². The lowest BCUT2D eigenvalue weighted by Gasteiger charge is -2.39. The first kappa shape index (κ1) is 14.6. The van der Waals surface area contributed by atoms with Gasteiger partial charge in [-0.3, -0.25) is 9.48 Å². The highest BCUT2D eigenvalue weighted by atomic mass is 16.2. The standard InChI is InChI=1S/C16H26N4O/c1-12-10-13(2)20(18-12)11-16(21)19-9-4-3-7-15(19)14-6-5-8-17-14/h10,14-15,17H,3-9,11H2,1-2H3. The van der Waals surface area contributed by atoms with Gasteiger partial charge in [0.1, 0.15) is 6.54 Å². The molecule has 2 atom stereocenters. The molecule has 5 heteroatoms. The van der Waals surface area contributed by atoms with Gasteiger partial charge in [-0.2, -0.15) is 5.10 Å². The molecular formula is C16H26N4O. The fraction of sp³-hybridized carbons (Fsp3) is 0.750. The van der Waals surface area contributed by atoms with E-state index < -0.39 is 0 Å². The van der Waals surface area contributed by atoms with Gasteiger partial charge < -0.3 is 10.2 Å². The number of piperidine rings is 1. The molecule has 1 amide bonds. The first-order valence-electron chi connectivity index (χ1n) is 8.19. The third-order valence-electron chi connectivity index (χ3n) is 4.82. The zero-order valence-electron chi connectivity index (χ0n) is 13.1. The van der Waals surface area contributed by atoms with Gasteiger partial charge in [0.2, 0.25) is 5.91 Å². The maximum absolute atomic E-state index is 12.7. The summed E-state index contributed by atoms with van der Waals surface area (Å²) in [6.07, 6.45) is 5.95. The summed E-state index contributed by atoms with van der Waals surface area (Å²) in [5, 5.41) is 8.00. The van der Waals surface area contributed by atoms with Gasteiger partial charge in [0, 0.05) is 24.3 Å². The van der Waals surface area contributed by atoms with Crippen molar-refractivity contribution in [1.29, 1.82) is 0 Å². The third-order valence-corrected chi connectivity index (χ3v) is 4.82. The second kappa shape index (κ2) is 6.18. The molecule has 1 aromatic rings. The highest BCUT2D eigenvalue weighted by Crippen LogP contribution is 2.24. The lowest BCUT2D eigenvalue weighted by molar-refractivity contribution is -0.136. The fourth-order valence-corrected chi connectivity index (χ4v) is 3.78. The van der Waals surface area contributed by atoms with Crippen molar-refractivity contribution in [3.63, 3.8) is 0 Å². The number of carbonyl (C=O) groups is 1. The van der Waals surface area contributed by atoms with E-state index in [1.54, 1.807) is 0 Å². The van der Waals surface area contributed by atoms with Gasteiger partial charge in [0.15, 0.2) is 0 Å². The number of hydrogen-bond acceptors (Lipinski definition) is 3. The Morgan fingerprint density at radius 1 is 1.33 bits per heavy atom. The highest BCUT2D eigenvalue weighted by molar-refractivity contribution is 5.76. The van der Waals surface area contributed by atoms with Crippen molar-refractivity contribution >= 4 is 5.91 Å². The van der Waals surface area contributed by atoms with Crippen molar-refractivity contribution in [1.82, 2.24) is 20.0 Å². The summed E-state index contributed by atoms with van der Waals surface area (Å²) in [6, 6.07) is 2.90. The van der Waals surface area contributed by atoms with Crippen molar-refractivity contribution in [3.8, 4) is 0 Å². The molecule has 21 heavy (non-hydrogen) atoms. The summed E-state index contributed by atoms with van der Waals surface area (Å²) < 4.78 is 1.84. The Bertz CT molecular complexity index is 504. The van der Waals surface area contributed by atoms with E-state index >= 15 is 0 Å². The minimum Gasteiger partial charge on any atom is -0.337 e. The molecule has 0 aliphatic carbocycles. The van der Waals surface area contributed by atoms with Gasteiger partial charge in [-0.25, -0.2) is 0 Å². The predicted molar refractivity (Wildman–Crippen MR) is 82.1 cm³/mol. The molecule has 0 saturated carbocycles. The number of nitrogens with one attached hydrogen (secondary N) is 1. The SMILES string of the molecule is Cc1cc(C)n(CC(=O)N2CCCCC2C2CCCN2)n1. The van der Waals surface area contributed by atoms with Crippen LogP contribution in [0.5, 0.6) is 0 Å². The lowest BCUT2D eigenvalue weighted by atomic mass is 9.94. The number of aromatic nitrogens is 2. The summed E-state index contributed by atoms with van der Waals surface area (Å²) in [5.41, 5.74) is 2.04. The summed E-state index contributed by atoms with van der Waals surface area (Å²) in [5.74, 6) is 0.222. The van der Waals surface area contributed by atoms with Crippen molar-refractivity contribution in [2.24, 2.45) is 0 Å². The van der Waals surface area contributed by atoms with E-state index in [9.17, 15) is 4.79 Å². The van der Waals surface area contributed by atoms with Crippen molar-refractivity contribution in [2.45, 2.75) is 64.6 Å². The Hall–Kier alpha value is -1.36. The molecule has 3 heterocycles. The molecular weight excluding hydrogens is 264 g/mol. The van der Waals surface area contributed by atoms with Crippen LogP contribution in [0, 0.1) is 13.8 Å². The van der Waals surface area contributed by atoms with Crippen LogP contribution in [0.2, 0.25) is 0 Å². The Morgan fingerprint density at radius 3 is 2.86 bits per heavy atom. The van der Waals surface area contributed by atoms with Crippen molar-refractivity contribution in [3.05, 3.63) is 17.5 Å². The number of amides is 1. The number of likely N-dealkylation sites (tertiary alicyclic amines) is 1. The first-order chi connectivity index (χ1) is 10.1. The second-order valence-electron chi connectivity index (χ2n) is 6.44. The van der Waals surface area contributed by atoms with Crippen LogP contribution in [0.1, 0.15) is 43.5 Å². The van der Waals surface area contributed by atoms with Gasteiger partial charge >= 0.3 is 0 Å². The molecule has 2 aliphatic heterocycles. The molecule has 0 aromatic carbocycles. The summed E-state index contributed by atoms with van der Waals surface area (Å²) >= 11 is 0. The Kier molecular flexibility index (Phi) is 4.29. The van der Waals surface area contributed by atoms with Crippen LogP contribution < -0.4 is 5.32 Å². The maximum atomic E-state index is 12.7. The molecule has 0 bridgehead atoms. The fourth-order valence-electron chi connectivity index (χ4n) is 3.78. The van der Waals surface area contributed by atoms with E-state index in [2.05, 4.69) is 15.3 Å². The van der Waals surface area contributed by atoms with E-state index in [4.69, 9.17) is 0 Å². The van der Waals surface area contributed by atoms with Gasteiger partial charge in [0.25, 0.3) is 0 Å². The third kappa shape index (κ3) is 3.12. The first-order valence-corrected chi connectivity index (χ1v) is 8.19. The monoisotopic (exact) mass is 290 g/mol. The number of carbonyl (C=O) groups excluding carboxylic acids is 1. The van der Waals surface area contributed by atoms with Gasteiger partial charge in [-0.05, 0) is 58.6 Å². The largest absolute Gasteiger partial charge is 0.337 e. The lowest BCUT2D eigenvalue weighted by Crippen LogP contribution is -2.53. The average molecular weight is 290 g/mol. The van der Waals surface area contributed by atoms with Crippen LogP contribution in [0.4, 0.5) is 0 Å². The molecule has 2 aliphatic rings. The Labute approximate surface area is 126 Å².